The van der Waals surface area contributed by atoms with Gasteiger partial charge in [0.05, 0.1) is 12.8 Å². The van der Waals surface area contributed by atoms with E-state index in [0.717, 1.165) is 39.0 Å². The van der Waals surface area contributed by atoms with E-state index >= 15 is 0 Å². The Hall–Kier alpha value is -4.16. The lowest BCUT2D eigenvalue weighted by molar-refractivity contribution is -0.494. The molecule has 0 bridgehead atoms. The van der Waals surface area contributed by atoms with E-state index in [2.05, 4.69) is 68.7 Å². The maximum absolute atomic E-state index is 12.1. The normalized spacial score (nSPS) is 11.8. The largest absolute Gasteiger partial charge is 0.741 e. The number of anilines is 1. The molecule has 3 heterocycles. The molecule has 12 heteroatoms. The molecule has 3 aromatic heterocycles. The average molecular weight is 546 g/mol. The zero-order valence-electron chi connectivity index (χ0n) is 20.0. The van der Waals surface area contributed by atoms with Crippen molar-refractivity contribution in [2.24, 2.45) is 0 Å². The van der Waals surface area contributed by atoms with E-state index in [1.165, 1.54) is 0 Å². The third kappa shape index (κ3) is 5.41. The fraction of sp³-hybridized carbons (Fsp3) is 0.154. The van der Waals surface area contributed by atoms with E-state index in [-0.39, 0.29) is 12.5 Å². The van der Waals surface area contributed by atoms with Crippen molar-refractivity contribution in [3.05, 3.63) is 85.1 Å². The SMILES string of the molecule is CCOC(=O)CNc1c2c3ccccc3cc(-c3ccccc3)n2c2cccc[n+]12.O=S(=O)([O-])C(F)(F)F. The molecular formula is C26H22F3N3O5S. The van der Waals surface area contributed by atoms with Crippen LogP contribution in [0.2, 0.25) is 0 Å². The summed E-state index contributed by atoms with van der Waals surface area (Å²) in [5, 5.41) is 5.60. The van der Waals surface area contributed by atoms with Crippen LogP contribution in [-0.2, 0) is 19.6 Å². The predicted octanol–water partition coefficient (Wildman–Crippen LogP) is 4.52. The minimum atomic E-state index is -6.09. The number of hydrogen-bond acceptors (Lipinski definition) is 6. The number of halogens is 3. The van der Waals surface area contributed by atoms with Gasteiger partial charge in [-0.15, -0.1) is 0 Å². The molecule has 8 nitrogen and oxygen atoms in total. The monoisotopic (exact) mass is 545 g/mol. The van der Waals surface area contributed by atoms with Gasteiger partial charge >= 0.3 is 11.5 Å². The van der Waals surface area contributed by atoms with Gasteiger partial charge in [-0.1, -0.05) is 60.7 Å². The number of rotatable bonds is 5. The molecule has 0 unspecified atom stereocenters. The number of aromatic nitrogens is 2. The van der Waals surface area contributed by atoms with Crippen molar-refractivity contribution >= 4 is 43.8 Å². The minimum Gasteiger partial charge on any atom is -0.741 e. The summed E-state index contributed by atoms with van der Waals surface area (Å²) in [5.41, 5.74) is -1.37. The van der Waals surface area contributed by atoms with E-state index in [4.69, 9.17) is 17.7 Å². The molecule has 0 atom stereocenters. The summed E-state index contributed by atoms with van der Waals surface area (Å²) >= 11 is 0. The highest BCUT2D eigenvalue weighted by molar-refractivity contribution is 7.86. The average Bonchev–Trinajstić information content (AvgIpc) is 3.22. The number of imidazole rings is 1. The van der Waals surface area contributed by atoms with E-state index < -0.39 is 15.6 Å². The van der Waals surface area contributed by atoms with Gasteiger partial charge in [0.15, 0.2) is 22.2 Å². The highest BCUT2D eigenvalue weighted by atomic mass is 32.2. The van der Waals surface area contributed by atoms with Gasteiger partial charge in [-0.2, -0.15) is 13.2 Å². The van der Waals surface area contributed by atoms with E-state index in [1.54, 1.807) is 0 Å². The van der Waals surface area contributed by atoms with Crippen LogP contribution in [0, 0.1) is 0 Å². The number of pyridine rings is 2. The number of carbonyl (C=O) groups excluding carboxylic acids is 1. The molecule has 0 radical (unpaired) electrons. The molecule has 5 aromatic rings. The molecule has 2 aromatic carbocycles. The second-order valence-corrected chi connectivity index (χ2v) is 9.37. The standard InChI is InChI=1S/C25H22N3O2.CHF3O3S/c1-2-30-23(29)17-26-25-24-20-13-7-6-12-19(20)16-21(18-10-4-3-5-11-18)28(24)22-14-8-9-15-27(22)25;2-1(3,4)8(5,6)7/h3-16,26H,2,17H2,1H3;(H,5,6,7)/q+1;/p-1. The second kappa shape index (κ2) is 10.7. The summed E-state index contributed by atoms with van der Waals surface area (Å²) in [6.07, 6.45) is 2.01. The van der Waals surface area contributed by atoms with Crippen molar-refractivity contribution < 1.29 is 40.1 Å². The highest BCUT2D eigenvalue weighted by Crippen LogP contribution is 2.33. The van der Waals surface area contributed by atoms with Crippen molar-refractivity contribution in [3.8, 4) is 11.3 Å². The molecular weight excluding hydrogens is 523 g/mol. The Morgan fingerprint density at radius 3 is 2.32 bits per heavy atom. The number of carbonyl (C=O) groups is 1. The van der Waals surface area contributed by atoms with Gasteiger partial charge in [0.2, 0.25) is 5.65 Å². The Morgan fingerprint density at radius 2 is 1.66 bits per heavy atom. The van der Waals surface area contributed by atoms with Crippen molar-refractivity contribution in [1.82, 2.24) is 4.40 Å². The smallest absolute Gasteiger partial charge is 0.485 e. The van der Waals surface area contributed by atoms with E-state index in [9.17, 15) is 18.0 Å². The summed E-state index contributed by atoms with van der Waals surface area (Å²) < 4.78 is 68.4. The van der Waals surface area contributed by atoms with Gasteiger partial charge in [0, 0.05) is 17.0 Å². The number of nitrogens with one attached hydrogen (secondary N) is 1. The van der Waals surface area contributed by atoms with Crippen LogP contribution in [0.1, 0.15) is 6.92 Å². The first-order valence-corrected chi connectivity index (χ1v) is 12.8. The van der Waals surface area contributed by atoms with Crippen LogP contribution in [-0.4, -0.2) is 42.0 Å². The third-order valence-corrected chi connectivity index (χ3v) is 6.13. The quantitative estimate of drug-likeness (QED) is 0.151. The number of nitrogens with zero attached hydrogens (tertiary/aromatic N) is 2. The summed E-state index contributed by atoms with van der Waals surface area (Å²) in [6.45, 7) is 2.29. The maximum Gasteiger partial charge on any atom is 0.485 e. The van der Waals surface area contributed by atoms with Crippen LogP contribution in [0.15, 0.2) is 85.1 Å². The molecule has 198 valence electrons. The minimum absolute atomic E-state index is 0.106. The Bertz CT molecular complexity index is 1720. The number of benzene rings is 2. The lowest BCUT2D eigenvalue weighted by atomic mass is 10.1. The van der Waals surface area contributed by atoms with Crippen molar-refractivity contribution in [2.75, 3.05) is 18.5 Å². The van der Waals surface area contributed by atoms with Crippen LogP contribution in [0.3, 0.4) is 0 Å². The molecule has 0 saturated carbocycles. The van der Waals surface area contributed by atoms with Crippen LogP contribution in [0.5, 0.6) is 0 Å². The summed E-state index contributed by atoms with van der Waals surface area (Å²) in [7, 11) is -6.09. The molecule has 1 N–H and O–H groups in total. The Labute approximate surface area is 215 Å². The maximum atomic E-state index is 12.1. The first-order valence-electron chi connectivity index (χ1n) is 11.4. The Kier molecular flexibility index (Phi) is 7.56. The Balaban J connectivity index is 0.000000368. The number of alkyl halides is 3. The number of ether oxygens (including phenoxy) is 1. The fourth-order valence-electron chi connectivity index (χ4n) is 4.04. The molecule has 0 spiro atoms. The van der Waals surface area contributed by atoms with Crippen LogP contribution in [0.4, 0.5) is 19.0 Å². The van der Waals surface area contributed by atoms with E-state index in [1.807, 2.05) is 37.4 Å². The van der Waals surface area contributed by atoms with Crippen LogP contribution < -0.4 is 9.72 Å². The zero-order valence-corrected chi connectivity index (χ0v) is 20.8. The van der Waals surface area contributed by atoms with Gasteiger partial charge in [-0.3, -0.25) is 5.32 Å². The molecule has 0 saturated heterocycles. The van der Waals surface area contributed by atoms with Gasteiger partial charge in [0.25, 0.3) is 5.82 Å². The lowest BCUT2D eigenvalue weighted by Crippen LogP contribution is -2.27. The molecule has 38 heavy (non-hydrogen) atoms. The van der Waals surface area contributed by atoms with Crippen LogP contribution in [0.25, 0.3) is 33.2 Å². The van der Waals surface area contributed by atoms with Crippen molar-refractivity contribution in [1.29, 1.82) is 0 Å². The van der Waals surface area contributed by atoms with Gasteiger partial charge in [0.1, 0.15) is 5.69 Å². The summed E-state index contributed by atoms with van der Waals surface area (Å²) in [5.74, 6) is 0.595. The number of fused-ring (bicyclic) bond motifs is 5. The van der Waals surface area contributed by atoms with Crippen molar-refractivity contribution in [3.63, 3.8) is 0 Å². The van der Waals surface area contributed by atoms with Crippen LogP contribution >= 0.6 is 0 Å². The number of esters is 1. The zero-order chi connectivity index (χ0) is 27.5. The number of hydrogen-bond donors (Lipinski definition) is 1. The van der Waals surface area contributed by atoms with Gasteiger partial charge in [-0.05, 0) is 24.4 Å². The third-order valence-electron chi connectivity index (χ3n) is 5.56. The molecule has 0 aliphatic rings. The Morgan fingerprint density at radius 1 is 1.03 bits per heavy atom. The predicted molar refractivity (Wildman–Crippen MR) is 134 cm³/mol. The summed E-state index contributed by atoms with van der Waals surface area (Å²) in [6, 6.07) is 27.0. The molecule has 0 aliphatic carbocycles. The second-order valence-electron chi connectivity index (χ2n) is 8.00. The molecule has 0 aliphatic heterocycles. The van der Waals surface area contributed by atoms with Crippen molar-refractivity contribution in [2.45, 2.75) is 12.4 Å². The fourth-order valence-corrected chi connectivity index (χ4v) is 4.04. The molecule has 5 rings (SSSR count). The van der Waals surface area contributed by atoms with Gasteiger partial charge < -0.3 is 9.29 Å². The highest BCUT2D eigenvalue weighted by Gasteiger charge is 2.37. The summed E-state index contributed by atoms with van der Waals surface area (Å²) in [4.78, 5) is 12.1. The first-order chi connectivity index (χ1) is 18.0. The topological polar surface area (TPSA) is 104 Å². The first kappa shape index (κ1) is 26.9. The molecule has 0 fully saturated rings. The van der Waals surface area contributed by atoms with Gasteiger partial charge in [-0.25, -0.2) is 22.0 Å². The van der Waals surface area contributed by atoms with E-state index in [0.29, 0.717) is 6.61 Å². The lowest BCUT2D eigenvalue weighted by Gasteiger charge is -2.08. The molecule has 0 amide bonds.